The molecule has 1 atom stereocenters. The molecule has 1 aromatic heterocycles. The van der Waals surface area contributed by atoms with Crippen LogP contribution in [-0.2, 0) is 4.74 Å². The lowest BCUT2D eigenvalue weighted by atomic mass is 9.85. The van der Waals surface area contributed by atoms with Crippen molar-refractivity contribution in [2.45, 2.75) is 44.6 Å². The molecule has 1 unspecified atom stereocenters. The van der Waals surface area contributed by atoms with Crippen LogP contribution in [0.5, 0.6) is 0 Å². The number of carbonyl (C=O) groups excluding carboxylic acids is 1. The van der Waals surface area contributed by atoms with Crippen LogP contribution in [0.1, 0.15) is 50.5 Å². The summed E-state index contributed by atoms with van der Waals surface area (Å²) >= 11 is 0. The highest BCUT2D eigenvalue weighted by atomic mass is 16.6. The van der Waals surface area contributed by atoms with E-state index >= 15 is 0 Å². The summed E-state index contributed by atoms with van der Waals surface area (Å²) in [6.45, 7) is 0. The topological polar surface area (TPSA) is 81.0 Å². The number of amides is 1. The van der Waals surface area contributed by atoms with Crippen molar-refractivity contribution in [3.05, 3.63) is 42.4 Å². The summed E-state index contributed by atoms with van der Waals surface area (Å²) in [6, 6.07) is 9.97. The van der Waals surface area contributed by atoms with Crippen LogP contribution >= 0.6 is 0 Å². The summed E-state index contributed by atoms with van der Waals surface area (Å²) in [5.41, 5.74) is 7.23. The maximum absolute atomic E-state index is 11.3. The molecule has 1 amide bonds. The van der Waals surface area contributed by atoms with Crippen molar-refractivity contribution in [2.75, 3.05) is 0 Å². The fourth-order valence-electron chi connectivity index (χ4n) is 3.35. The first kappa shape index (κ1) is 15.6. The molecule has 23 heavy (non-hydrogen) atoms. The molecule has 2 aromatic rings. The highest BCUT2D eigenvalue weighted by Gasteiger charge is 2.25. The van der Waals surface area contributed by atoms with Gasteiger partial charge < -0.3 is 15.5 Å². The summed E-state index contributed by atoms with van der Waals surface area (Å²) in [4.78, 5) is 19.0. The van der Waals surface area contributed by atoms with Crippen molar-refractivity contribution in [1.82, 2.24) is 9.97 Å². The average Bonchev–Trinajstić information content (AvgIpc) is 3.06. The molecule has 3 N–H and O–H groups in total. The standard InChI is InChI=1S/C18H23N3O2/c19-18(22)23-16(11-13-7-3-1-4-8-13)17-20-12-15(21-17)14-9-5-2-6-10-14/h2,5-6,9-10,12-13,16H,1,3-4,7-8,11H2,(H2,19,22)(H,20,21). The number of hydrogen-bond acceptors (Lipinski definition) is 3. The number of hydrogen-bond donors (Lipinski definition) is 2. The van der Waals surface area contributed by atoms with E-state index in [0.717, 1.165) is 17.7 Å². The molecule has 3 rings (SSSR count). The number of nitrogens with one attached hydrogen (secondary N) is 1. The number of primary amides is 1. The zero-order chi connectivity index (χ0) is 16.1. The third kappa shape index (κ3) is 4.12. The first-order valence-electron chi connectivity index (χ1n) is 8.29. The van der Waals surface area contributed by atoms with E-state index in [1.807, 2.05) is 30.3 Å². The number of ether oxygens (including phenoxy) is 1. The van der Waals surface area contributed by atoms with Crippen molar-refractivity contribution in [1.29, 1.82) is 0 Å². The number of H-pyrrole nitrogens is 1. The van der Waals surface area contributed by atoms with E-state index in [-0.39, 0.29) is 0 Å². The normalized spacial score (nSPS) is 16.9. The molecule has 1 heterocycles. The number of nitrogens with two attached hydrogens (primary N) is 1. The largest absolute Gasteiger partial charge is 0.438 e. The van der Waals surface area contributed by atoms with Crippen LogP contribution in [0.15, 0.2) is 36.5 Å². The summed E-state index contributed by atoms with van der Waals surface area (Å²) in [5, 5.41) is 0. The first-order valence-corrected chi connectivity index (χ1v) is 8.29. The Morgan fingerprint density at radius 2 is 2.00 bits per heavy atom. The number of rotatable bonds is 5. The average molecular weight is 313 g/mol. The Morgan fingerprint density at radius 3 is 2.70 bits per heavy atom. The molecule has 1 aromatic carbocycles. The monoisotopic (exact) mass is 313 g/mol. The Balaban J connectivity index is 1.76. The van der Waals surface area contributed by atoms with E-state index in [2.05, 4.69) is 9.97 Å². The predicted molar refractivity (Wildman–Crippen MR) is 88.6 cm³/mol. The van der Waals surface area contributed by atoms with E-state index in [4.69, 9.17) is 10.5 Å². The zero-order valence-corrected chi connectivity index (χ0v) is 13.2. The Hall–Kier alpha value is -2.30. The molecule has 0 spiro atoms. The van der Waals surface area contributed by atoms with Crippen molar-refractivity contribution in [2.24, 2.45) is 11.7 Å². The van der Waals surface area contributed by atoms with E-state index in [1.54, 1.807) is 6.20 Å². The Kier molecular flexibility index (Phi) is 4.95. The highest BCUT2D eigenvalue weighted by molar-refractivity contribution is 5.65. The van der Waals surface area contributed by atoms with E-state index < -0.39 is 12.2 Å². The van der Waals surface area contributed by atoms with Crippen LogP contribution < -0.4 is 5.73 Å². The number of carbonyl (C=O) groups is 1. The Bertz CT molecular complexity index is 633. The number of aromatic nitrogens is 2. The second-order valence-corrected chi connectivity index (χ2v) is 6.21. The summed E-state index contributed by atoms with van der Waals surface area (Å²) in [5.74, 6) is 1.24. The molecular weight excluding hydrogens is 290 g/mol. The number of nitrogens with zero attached hydrogens (tertiary/aromatic N) is 1. The SMILES string of the molecule is NC(=O)OC(CC1CCCCC1)c1ncc(-c2ccccc2)[nH]1. The van der Waals surface area contributed by atoms with Crippen molar-refractivity contribution >= 4 is 6.09 Å². The van der Waals surface area contributed by atoms with Crippen LogP contribution in [0, 0.1) is 5.92 Å². The minimum absolute atomic E-state index is 0.395. The lowest BCUT2D eigenvalue weighted by Crippen LogP contribution is -2.21. The summed E-state index contributed by atoms with van der Waals surface area (Å²) in [6.07, 6.45) is 7.60. The van der Waals surface area contributed by atoms with Gasteiger partial charge in [0.2, 0.25) is 0 Å². The van der Waals surface area contributed by atoms with E-state index in [0.29, 0.717) is 11.7 Å². The van der Waals surface area contributed by atoms with Crippen LogP contribution in [0.25, 0.3) is 11.3 Å². The molecule has 0 bridgehead atoms. The van der Waals surface area contributed by atoms with E-state index in [1.165, 1.54) is 32.1 Å². The van der Waals surface area contributed by atoms with Gasteiger partial charge in [-0.15, -0.1) is 0 Å². The van der Waals surface area contributed by atoms with Gasteiger partial charge in [0.05, 0.1) is 11.9 Å². The van der Waals surface area contributed by atoms with Gasteiger partial charge in [-0.05, 0) is 17.9 Å². The van der Waals surface area contributed by atoms with Gasteiger partial charge in [0, 0.05) is 0 Å². The lowest BCUT2D eigenvalue weighted by molar-refractivity contribution is 0.0798. The van der Waals surface area contributed by atoms with Crippen molar-refractivity contribution in [3.8, 4) is 11.3 Å². The third-order valence-corrected chi connectivity index (χ3v) is 4.52. The lowest BCUT2D eigenvalue weighted by Gasteiger charge is -2.25. The molecular formula is C18H23N3O2. The number of aromatic amines is 1. The van der Waals surface area contributed by atoms with Gasteiger partial charge in [0.25, 0.3) is 0 Å². The summed E-state index contributed by atoms with van der Waals surface area (Å²) in [7, 11) is 0. The number of benzene rings is 1. The van der Waals surface area contributed by atoms with Gasteiger partial charge >= 0.3 is 6.09 Å². The summed E-state index contributed by atoms with van der Waals surface area (Å²) < 4.78 is 5.33. The molecule has 1 saturated carbocycles. The zero-order valence-electron chi connectivity index (χ0n) is 13.2. The first-order chi connectivity index (χ1) is 11.2. The van der Waals surface area contributed by atoms with Gasteiger partial charge in [0.1, 0.15) is 5.82 Å². The Labute approximate surface area is 136 Å². The molecule has 0 radical (unpaired) electrons. The molecule has 1 aliphatic rings. The van der Waals surface area contributed by atoms with Gasteiger partial charge in [0.15, 0.2) is 6.10 Å². The maximum Gasteiger partial charge on any atom is 0.405 e. The minimum Gasteiger partial charge on any atom is -0.438 e. The quantitative estimate of drug-likeness (QED) is 0.868. The molecule has 0 aliphatic heterocycles. The molecule has 122 valence electrons. The second kappa shape index (κ2) is 7.31. The number of imidazole rings is 1. The van der Waals surface area contributed by atoms with Crippen LogP contribution in [0.2, 0.25) is 0 Å². The van der Waals surface area contributed by atoms with Crippen molar-refractivity contribution in [3.63, 3.8) is 0 Å². The van der Waals surface area contributed by atoms with Crippen LogP contribution in [0.3, 0.4) is 0 Å². The van der Waals surface area contributed by atoms with Gasteiger partial charge in [-0.25, -0.2) is 9.78 Å². The van der Waals surface area contributed by atoms with Crippen molar-refractivity contribution < 1.29 is 9.53 Å². The third-order valence-electron chi connectivity index (χ3n) is 4.52. The Morgan fingerprint density at radius 1 is 1.26 bits per heavy atom. The second-order valence-electron chi connectivity index (χ2n) is 6.21. The van der Waals surface area contributed by atoms with Gasteiger partial charge in [-0.2, -0.15) is 0 Å². The maximum atomic E-state index is 11.3. The molecule has 1 fully saturated rings. The van der Waals surface area contributed by atoms with Gasteiger partial charge in [-0.3, -0.25) is 0 Å². The van der Waals surface area contributed by atoms with Crippen LogP contribution in [-0.4, -0.2) is 16.1 Å². The highest BCUT2D eigenvalue weighted by Crippen LogP contribution is 2.33. The predicted octanol–water partition coefficient (Wildman–Crippen LogP) is 4.18. The van der Waals surface area contributed by atoms with Gasteiger partial charge in [-0.1, -0.05) is 62.4 Å². The molecule has 0 saturated heterocycles. The minimum atomic E-state index is -0.747. The fourth-order valence-corrected chi connectivity index (χ4v) is 3.35. The van der Waals surface area contributed by atoms with Crippen LogP contribution in [0.4, 0.5) is 4.79 Å². The molecule has 5 nitrogen and oxygen atoms in total. The molecule has 5 heteroatoms. The molecule has 1 aliphatic carbocycles. The van der Waals surface area contributed by atoms with E-state index in [9.17, 15) is 4.79 Å². The fraction of sp³-hybridized carbons (Fsp3) is 0.444. The smallest absolute Gasteiger partial charge is 0.405 e.